The normalized spacial score (nSPS) is 10.9. The van der Waals surface area contributed by atoms with Crippen LogP contribution in [-0.4, -0.2) is 11.6 Å². The molecule has 1 aromatic heterocycles. The molecule has 78 valence electrons. The molecule has 0 unspecified atom stereocenters. The lowest BCUT2D eigenvalue weighted by atomic mass is 10.2. The molecule has 0 spiro atoms. The molecule has 3 heteroatoms. The third-order valence-electron chi connectivity index (χ3n) is 2.03. The molecule has 1 aromatic rings. The van der Waals surface area contributed by atoms with Gasteiger partial charge in [0.15, 0.2) is 0 Å². The highest BCUT2D eigenvalue weighted by Gasteiger charge is 2.03. The van der Waals surface area contributed by atoms with Crippen LogP contribution in [-0.2, 0) is 13.1 Å². The lowest BCUT2D eigenvalue weighted by Gasteiger charge is -2.09. The van der Waals surface area contributed by atoms with Crippen LogP contribution in [0.4, 0.5) is 0 Å². The summed E-state index contributed by atoms with van der Waals surface area (Å²) in [6, 6.07) is 3.80. The van der Waals surface area contributed by atoms with Crippen molar-refractivity contribution in [3.05, 3.63) is 34.2 Å². The second kappa shape index (κ2) is 4.96. The average molecular weight is 194 g/mol. The fourth-order valence-corrected chi connectivity index (χ4v) is 1.45. The average Bonchev–Trinajstić information content (AvgIpc) is 2.11. The summed E-state index contributed by atoms with van der Waals surface area (Å²) < 4.78 is 1.78. The number of nitrogens with zero attached hydrogens (tertiary/aromatic N) is 1. The molecular formula is C11H18N2O. The first kappa shape index (κ1) is 11.0. The highest BCUT2D eigenvalue weighted by Crippen LogP contribution is 1.97. The lowest BCUT2D eigenvalue weighted by molar-refractivity contribution is 0.507. The second-order valence-electron chi connectivity index (χ2n) is 3.92. The maximum atomic E-state index is 11.8. The van der Waals surface area contributed by atoms with Crippen molar-refractivity contribution in [2.75, 3.05) is 7.05 Å². The molecule has 0 fully saturated rings. The Kier molecular flexibility index (Phi) is 3.89. The third-order valence-corrected chi connectivity index (χ3v) is 2.03. The molecule has 0 saturated carbocycles. The third kappa shape index (κ3) is 2.70. The Bertz CT molecular complexity index is 341. The van der Waals surface area contributed by atoms with Gasteiger partial charge in [-0.3, -0.25) is 4.79 Å². The van der Waals surface area contributed by atoms with Gasteiger partial charge >= 0.3 is 0 Å². The van der Waals surface area contributed by atoms with Crippen molar-refractivity contribution in [1.29, 1.82) is 0 Å². The van der Waals surface area contributed by atoms with Gasteiger partial charge in [-0.15, -0.1) is 0 Å². The number of aromatic nitrogens is 1. The monoisotopic (exact) mass is 194 g/mol. The molecule has 0 bridgehead atoms. The van der Waals surface area contributed by atoms with E-state index in [1.165, 1.54) is 0 Å². The molecule has 0 aliphatic heterocycles. The second-order valence-corrected chi connectivity index (χ2v) is 3.92. The number of rotatable bonds is 4. The summed E-state index contributed by atoms with van der Waals surface area (Å²) in [6.45, 7) is 5.64. The van der Waals surface area contributed by atoms with Crippen LogP contribution in [0.3, 0.4) is 0 Å². The van der Waals surface area contributed by atoms with E-state index in [0.29, 0.717) is 12.5 Å². The van der Waals surface area contributed by atoms with Gasteiger partial charge in [-0.05, 0) is 19.0 Å². The Hall–Kier alpha value is -1.09. The molecule has 1 rings (SSSR count). The first-order valence-electron chi connectivity index (χ1n) is 4.98. The predicted octanol–water partition coefficient (Wildman–Crippen LogP) is 1.22. The van der Waals surface area contributed by atoms with E-state index < -0.39 is 0 Å². The highest BCUT2D eigenvalue weighted by molar-refractivity contribution is 5.10. The first-order valence-corrected chi connectivity index (χ1v) is 4.98. The fourth-order valence-electron chi connectivity index (χ4n) is 1.45. The highest BCUT2D eigenvalue weighted by atomic mass is 16.1. The summed E-state index contributed by atoms with van der Waals surface area (Å²) >= 11 is 0. The molecular weight excluding hydrogens is 176 g/mol. The van der Waals surface area contributed by atoms with E-state index in [1.54, 1.807) is 4.57 Å². The van der Waals surface area contributed by atoms with Crippen molar-refractivity contribution in [3.8, 4) is 0 Å². The van der Waals surface area contributed by atoms with Gasteiger partial charge in [0.25, 0.3) is 5.56 Å². The van der Waals surface area contributed by atoms with Crippen molar-refractivity contribution in [2.45, 2.75) is 26.9 Å². The van der Waals surface area contributed by atoms with Crippen LogP contribution in [0, 0.1) is 5.92 Å². The number of nitrogens with one attached hydrogen (secondary N) is 1. The van der Waals surface area contributed by atoms with Gasteiger partial charge in [0.1, 0.15) is 0 Å². The molecule has 0 radical (unpaired) electrons. The van der Waals surface area contributed by atoms with Crippen molar-refractivity contribution in [3.63, 3.8) is 0 Å². The molecule has 1 heterocycles. The van der Waals surface area contributed by atoms with Gasteiger partial charge in [0.2, 0.25) is 0 Å². The molecule has 0 saturated heterocycles. The Morgan fingerprint density at radius 3 is 2.79 bits per heavy atom. The maximum absolute atomic E-state index is 11.8. The van der Waals surface area contributed by atoms with Crippen LogP contribution in [0.25, 0.3) is 0 Å². The smallest absolute Gasteiger partial charge is 0.255 e. The van der Waals surface area contributed by atoms with E-state index in [2.05, 4.69) is 19.2 Å². The molecule has 0 aromatic carbocycles. The number of hydrogen-bond donors (Lipinski definition) is 1. The maximum Gasteiger partial charge on any atom is 0.255 e. The molecule has 1 N–H and O–H groups in total. The minimum absolute atomic E-state index is 0.121. The number of hydrogen-bond acceptors (Lipinski definition) is 2. The van der Waals surface area contributed by atoms with Crippen LogP contribution < -0.4 is 10.9 Å². The molecule has 3 nitrogen and oxygen atoms in total. The standard InChI is InChI=1S/C11H18N2O/c1-9(2)8-13-6-4-5-10(7-12-3)11(13)14/h4-6,9,12H,7-8H2,1-3H3. The predicted molar refractivity (Wildman–Crippen MR) is 58.3 cm³/mol. The summed E-state index contributed by atoms with van der Waals surface area (Å²) in [5.74, 6) is 0.498. The van der Waals surface area contributed by atoms with Crippen molar-refractivity contribution in [2.24, 2.45) is 5.92 Å². The summed E-state index contributed by atoms with van der Waals surface area (Å²) in [4.78, 5) is 11.8. The zero-order chi connectivity index (χ0) is 10.6. The Morgan fingerprint density at radius 1 is 1.50 bits per heavy atom. The van der Waals surface area contributed by atoms with Gasteiger partial charge in [0, 0.05) is 24.8 Å². The number of pyridine rings is 1. The van der Waals surface area contributed by atoms with E-state index in [4.69, 9.17) is 0 Å². The fraction of sp³-hybridized carbons (Fsp3) is 0.545. The van der Waals surface area contributed by atoms with Gasteiger partial charge < -0.3 is 9.88 Å². The minimum Gasteiger partial charge on any atom is -0.315 e. The molecule has 0 aliphatic rings. The SMILES string of the molecule is CNCc1cccn(CC(C)C)c1=O. The molecule has 0 atom stereocenters. The minimum atomic E-state index is 0.121. The largest absolute Gasteiger partial charge is 0.315 e. The van der Waals surface area contributed by atoms with Gasteiger partial charge in [-0.2, -0.15) is 0 Å². The van der Waals surface area contributed by atoms with Crippen LogP contribution in [0.5, 0.6) is 0 Å². The molecule has 0 amide bonds. The summed E-state index contributed by atoms with van der Waals surface area (Å²) in [6.07, 6.45) is 1.85. The van der Waals surface area contributed by atoms with E-state index in [1.807, 2.05) is 25.4 Å². The summed E-state index contributed by atoms with van der Waals surface area (Å²) in [5, 5.41) is 2.99. The topological polar surface area (TPSA) is 34.0 Å². The van der Waals surface area contributed by atoms with Crippen molar-refractivity contribution < 1.29 is 0 Å². The van der Waals surface area contributed by atoms with E-state index in [9.17, 15) is 4.79 Å². The quantitative estimate of drug-likeness (QED) is 0.782. The van der Waals surface area contributed by atoms with Crippen molar-refractivity contribution >= 4 is 0 Å². The lowest BCUT2D eigenvalue weighted by Crippen LogP contribution is -2.26. The van der Waals surface area contributed by atoms with E-state index in [-0.39, 0.29) is 5.56 Å². The van der Waals surface area contributed by atoms with Crippen LogP contribution >= 0.6 is 0 Å². The van der Waals surface area contributed by atoms with Crippen LogP contribution in [0.15, 0.2) is 23.1 Å². The van der Waals surface area contributed by atoms with Crippen LogP contribution in [0.1, 0.15) is 19.4 Å². The van der Waals surface area contributed by atoms with Crippen molar-refractivity contribution in [1.82, 2.24) is 9.88 Å². The van der Waals surface area contributed by atoms with Gasteiger partial charge in [0.05, 0.1) is 0 Å². The van der Waals surface area contributed by atoms with Gasteiger partial charge in [-0.1, -0.05) is 19.9 Å². The zero-order valence-corrected chi connectivity index (χ0v) is 9.08. The Labute approximate surface area is 84.8 Å². The Morgan fingerprint density at radius 2 is 2.21 bits per heavy atom. The van der Waals surface area contributed by atoms with Crippen LogP contribution in [0.2, 0.25) is 0 Å². The van der Waals surface area contributed by atoms with Gasteiger partial charge in [-0.25, -0.2) is 0 Å². The van der Waals surface area contributed by atoms with E-state index >= 15 is 0 Å². The first-order chi connectivity index (χ1) is 6.65. The zero-order valence-electron chi connectivity index (χ0n) is 9.08. The Balaban J connectivity index is 2.95. The van der Waals surface area contributed by atoms with E-state index in [0.717, 1.165) is 12.1 Å². The summed E-state index contributed by atoms with van der Waals surface area (Å²) in [5.41, 5.74) is 0.950. The molecule has 0 aliphatic carbocycles. The molecule has 14 heavy (non-hydrogen) atoms. The summed E-state index contributed by atoms with van der Waals surface area (Å²) in [7, 11) is 1.85.